The van der Waals surface area contributed by atoms with Gasteiger partial charge in [0.05, 0.1) is 18.8 Å². The van der Waals surface area contributed by atoms with E-state index in [1.54, 1.807) is 4.90 Å². The summed E-state index contributed by atoms with van der Waals surface area (Å²) in [6, 6.07) is 16.2. The zero-order valence-electron chi connectivity index (χ0n) is 31.1. The molecular formula is C42H56ClN3O8. The maximum atomic E-state index is 13.6. The number of ether oxygens (including phenoxy) is 1. The maximum Gasteiger partial charge on any atom is 0.222 e. The van der Waals surface area contributed by atoms with Gasteiger partial charge in [0.25, 0.3) is 0 Å². The van der Waals surface area contributed by atoms with Gasteiger partial charge in [0, 0.05) is 54.1 Å². The Balaban J connectivity index is 1.07. The molecule has 11 nitrogen and oxygen atoms in total. The number of aromatic nitrogens is 1. The van der Waals surface area contributed by atoms with E-state index in [0.29, 0.717) is 49.8 Å². The number of pyridine rings is 1. The second-order valence-corrected chi connectivity index (χ2v) is 16.0. The van der Waals surface area contributed by atoms with Gasteiger partial charge in [-0.05, 0) is 111 Å². The SMILES string of the molecule is CC(CCCC(=O)N(C[C@@H](O)[C@H](O)[C@@H](O)[C@@H](O)CO)[C@H]1CC[C@H](O)CC1)c1ccc(Cl)c(CNC2(c3cnccc3-c3ccccc3OC3CC3)CC2)c1. The van der Waals surface area contributed by atoms with Crippen LogP contribution in [0, 0.1) is 0 Å². The molecule has 3 saturated carbocycles. The number of carbonyl (C=O) groups is 1. The fourth-order valence-electron chi connectivity index (χ4n) is 7.70. The summed E-state index contributed by atoms with van der Waals surface area (Å²) in [5.41, 5.74) is 5.25. The first kappa shape index (κ1) is 40.5. The predicted octanol–water partition coefficient (Wildman–Crippen LogP) is 4.56. The number of amides is 1. The quantitative estimate of drug-likeness (QED) is 0.0917. The van der Waals surface area contributed by atoms with Crippen molar-refractivity contribution in [1.29, 1.82) is 0 Å². The Morgan fingerprint density at radius 3 is 2.41 bits per heavy atom. The summed E-state index contributed by atoms with van der Waals surface area (Å²) >= 11 is 6.76. The van der Waals surface area contributed by atoms with Gasteiger partial charge in [-0.2, -0.15) is 0 Å². The van der Waals surface area contributed by atoms with Crippen molar-refractivity contribution in [1.82, 2.24) is 15.2 Å². The Bertz CT molecular complexity index is 1700. The zero-order chi connectivity index (χ0) is 38.4. The molecule has 0 aliphatic heterocycles. The van der Waals surface area contributed by atoms with Gasteiger partial charge in [0.2, 0.25) is 5.91 Å². The lowest BCUT2D eigenvalue weighted by Crippen LogP contribution is -2.53. The van der Waals surface area contributed by atoms with Gasteiger partial charge >= 0.3 is 0 Å². The number of aliphatic hydroxyl groups excluding tert-OH is 6. The van der Waals surface area contributed by atoms with Crippen LogP contribution in [0.4, 0.5) is 0 Å². The number of carbonyl (C=O) groups excluding carboxylic acids is 1. The molecule has 3 aliphatic carbocycles. The minimum absolute atomic E-state index is 0.136. The monoisotopic (exact) mass is 765 g/mol. The highest BCUT2D eigenvalue weighted by Crippen LogP contribution is 2.50. The number of hydrogen-bond donors (Lipinski definition) is 7. The lowest BCUT2D eigenvalue weighted by Gasteiger charge is -2.38. The summed E-state index contributed by atoms with van der Waals surface area (Å²) in [7, 11) is 0. The van der Waals surface area contributed by atoms with Gasteiger partial charge in [-0.3, -0.25) is 9.78 Å². The fraction of sp³-hybridized carbons (Fsp3) is 0.571. The molecule has 7 N–H and O–H groups in total. The van der Waals surface area contributed by atoms with E-state index in [1.807, 2.05) is 42.7 Å². The van der Waals surface area contributed by atoms with E-state index in [1.165, 1.54) is 0 Å². The van der Waals surface area contributed by atoms with Crippen LogP contribution in [0.15, 0.2) is 60.9 Å². The predicted molar refractivity (Wildman–Crippen MR) is 206 cm³/mol. The second kappa shape index (κ2) is 18.2. The molecule has 54 heavy (non-hydrogen) atoms. The van der Waals surface area contributed by atoms with E-state index in [4.69, 9.17) is 21.4 Å². The molecule has 6 rings (SSSR count). The first-order chi connectivity index (χ1) is 26.0. The maximum absolute atomic E-state index is 13.6. The van der Waals surface area contributed by atoms with Crippen molar-refractivity contribution in [2.75, 3.05) is 13.2 Å². The van der Waals surface area contributed by atoms with E-state index in [-0.39, 0.29) is 36.4 Å². The first-order valence-corrected chi connectivity index (χ1v) is 19.9. The van der Waals surface area contributed by atoms with Crippen LogP contribution in [-0.2, 0) is 16.9 Å². The molecule has 1 amide bonds. The summed E-state index contributed by atoms with van der Waals surface area (Å²) < 4.78 is 6.28. The van der Waals surface area contributed by atoms with Gasteiger partial charge in [-0.1, -0.05) is 48.9 Å². The summed E-state index contributed by atoms with van der Waals surface area (Å²) in [5, 5.41) is 64.8. The van der Waals surface area contributed by atoms with Crippen LogP contribution in [0.25, 0.3) is 11.1 Å². The van der Waals surface area contributed by atoms with Crippen molar-refractivity contribution < 1.29 is 40.2 Å². The van der Waals surface area contributed by atoms with E-state index in [0.717, 1.165) is 65.7 Å². The van der Waals surface area contributed by atoms with Gasteiger partial charge in [-0.25, -0.2) is 0 Å². The molecule has 3 fully saturated rings. The van der Waals surface area contributed by atoms with E-state index >= 15 is 0 Å². The number of para-hydroxylation sites is 1. The Morgan fingerprint density at radius 1 is 0.981 bits per heavy atom. The van der Waals surface area contributed by atoms with Crippen LogP contribution in [0.2, 0.25) is 5.02 Å². The average molecular weight is 766 g/mol. The van der Waals surface area contributed by atoms with E-state index < -0.39 is 37.1 Å². The van der Waals surface area contributed by atoms with Gasteiger partial charge in [0.1, 0.15) is 30.2 Å². The van der Waals surface area contributed by atoms with Crippen LogP contribution < -0.4 is 10.1 Å². The second-order valence-electron chi connectivity index (χ2n) is 15.6. The highest BCUT2D eigenvalue weighted by Gasteiger charge is 2.46. The minimum Gasteiger partial charge on any atom is -0.490 e. The third-order valence-electron chi connectivity index (χ3n) is 11.5. The molecule has 0 bridgehead atoms. The minimum atomic E-state index is -1.77. The Kier molecular flexibility index (Phi) is 13.7. The van der Waals surface area contributed by atoms with E-state index in [2.05, 4.69) is 35.4 Å². The largest absolute Gasteiger partial charge is 0.490 e. The van der Waals surface area contributed by atoms with Gasteiger partial charge in [-0.15, -0.1) is 0 Å². The number of rotatable bonds is 19. The summed E-state index contributed by atoms with van der Waals surface area (Å²) in [6.07, 6.45) is 4.84. The number of benzene rings is 2. The van der Waals surface area contributed by atoms with Crippen LogP contribution in [0.5, 0.6) is 5.75 Å². The smallest absolute Gasteiger partial charge is 0.222 e. The number of aliphatic hydroxyl groups is 6. The van der Waals surface area contributed by atoms with Crippen molar-refractivity contribution >= 4 is 17.5 Å². The standard InChI is InChI=1S/C42H56ClN3O8/c1-26(5-4-8-39(51)46(29-10-12-30(48)13-11-29)24-36(49)40(52)41(53)37(50)25-47)27-9-16-35(43)28(21-27)22-45-42(18-19-42)34-23-44-20-17-32(34)33-6-2-3-7-38(33)54-31-14-15-31/h2-3,6-7,9,16-17,20-21,23,26,29-31,36-37,40-41,45,47-50,52-53H,4-5,8,10-15,18-19,22,24-25H2,1H3/t26?,29-,30-,36-,37+,40+,41+/m1/s1. The molecule has 5 atom stereocenters. The first-order valence-electron chi connectivity index (χ1n) is 19.5. The molecule has 3 aromatic rings. The zero-order valence-corrected chi connectivity index (χ0v) is 31.8. The topological polar surface area (TPSA) is 176 Å². The summed E-state index contributed by atoms with van der Waals surface area (Å²) in [4.78, 5) is 19.7. The van der Waals surface area contributed by atoms with Crippen LogP contribution in [0.3, 0.4) is 0 Å². The van der Waals surface area contributed by atoms with Crippen molar-refractivity contribution in [3.63, 3.8) is 0 Å². The number of hydrogen-bond acceptors (Lipinski definition) is 10. The van der Waals surface area contributed by atoms with Crippen LogP contribution in [-0.4, -0.2) is 102 Å². The molecule has 1 unspecified atom stereocenters. The Labute approximate surface area is 323 Å². The third-order valence-corrected chi connectivity index (χ3v) is 11.9. The molecule has 0 saturated heterocycles. The molecular weight excluding hydrogens is 710 g/mol. The highest BCUT2D eigenvalue weighted by atomic mass is 35.5. The molecule has 2 aromatic carbocycles. The Morgan fingerprint density at radius 2 is 1.70 bits per heavy atom. The molecule has 1 aromatic heterocycles. The molecule has 294 valence electrons. The van der Waals surface area contributed by atoms with Gasteiger partial charge < -0.3 is 45.6 Å². The van der Waals surface area contributed by atoms with Crippen LogP contribution >= 0.6 is 11.6 Å². The number of nitrogens with one attached hydrogen (secondary N) is 1. The third kappa shape index (κ3) is 9.99. The molecule has 0 radical (unpaired) electrons. The number of halogens is 1. The van der Waals surface area contributed by atoms with Crippen LogP contribution in [0.1, 0.15) is 100 Å². The lowest BCUT2D eigenvalue weighted by atomic mass is 9.90. The van der Waals surface area contributed by atoms with Crippen molar-refractivity contribution in [3.8, 4) is 16.9 Å². The normalized spacial score (nSPS) is 22.1. The summed E-state index contributed by atoms with van der Waals surface area (Å²) in [5.74, 6) is 0.860. The Hall–Kier alpha value is -3.13. The molecule has 0 spiro atoms. The van der Waals surface area contributed by atoms with Crippen molar-refractivity contribution in [2.24, 2.45) is 0 Å². The summed E-state index contributed by atoms with van der Waals surface area (Å²) in [6.45, 7) is 1.69. The fourth-order valence-corrected chi connectivity index (χ4v) is 7.89. The van der Waals surface area contributed by atoms with Crippen molar-refractivity contribution in [2.45, 2.75) is 138 Å². The van der Waals surface area contributed by atoms with Gasteiger partial charge in [0.15, 0.2) is 0 Å². The molecule has 1 heterocycles. The average Bonchev–Trinajstić information content (AvgIpc) is 4.14. The molecule has 3 aliphatic rings. The number of nitrogens with zero attached hydrogens (tertiary/aromatic N) is 2. The lowest BCUT2D eigenvalue weighted by molar-refractivity contribution is -0.144. The van der Waals surface area contributed by atoms with Crippen molar-refractivity contribution in [3.05, 3.63) is 82.6 Å². The van der Waals surface area contributed by atoms with E-state index in [9.17, 15) is 30.3 Å². The molecule has 12 heteroatoms. The highest BCUT2D eigenvalue weighted by molar-refractivity contribution is 6.31.